The molecule has 0 bridgehead atoms. The van der Waals surface area contributed by atoms with Gasteiger partial charge in [-0.25, -0.2) is 4.98 Å². The number of nitrogens with one attached hydrogen (secondary N) is 1. The van der Waals surface area contributed by atoms with E-state index in [1.165, 1.54) is 25.8 Å². The van der Waals surface area contributed by atoms with Crippen LogP contribution in [0.25, 0.3) is 11.5 Å². The Morgan fingerprint density at radius 3 is 2.91 bits per heavy atom. The summed E-state index contributed by atoms with van der Waals surface area (Å²) in [6.07, 6.45) is 5.61. The average Bonchev–Trinajstić information content (AvgIpc) is 3.14. The van der Waals surface area contributed by atoms with Gasteiger partial charge in [0.1, 0.15) is 6.26 Å². The minimum Gasteiger partial charge on any atom is -0.444 e. The molecule has 1 N–H and O–H groups in total. The van der Waals surface area contributed by atoms with E-state index in [0.717, 1.165) is 34.9 Å². The molecule has 2 heterocycles. The van der Waals surface area contributed by atoms with Gasteiger partial charge in [-0.2, -0.15) is 0 Å². The van der Waals surface area contributed by atoms with Crippen LogP contribution in [0.2, 0.25) is 0 Å². The highest BCUT2D eigenvalue weighted by Gasteiger charge is 2.19. The van der Waals surface area contributed by atoms with Crippen molar-refractivity contribution >= 4 is 15.9 Å². The maximum Gasteiger partial charge on any atom is 0.226 e. The van der Waals surface area contributed by atoms with Gasteiger partial charge < -0.3 is 14.6 Å². The molecule has 1 atom stereocenters. The summed E-state index contributed by atoms with van der Waals surface area (Å²) in [6.45, 7) is 3.02. The molecule has 118 valence electrons. The van der Waals surface area contributed by atoms with Crippen molar-refractivity contribution in [3.63, 3.8) is 0 Å². The Morgan fingerprint density at radius 2 is 2.18 bits per heavy atom. The maximum absolute atomic E-state index is 5.56. The first-order valence-electron chi connectivity index (χ1n) is 7.83. The SMILES string of the molecule is CN1CCCC1CCNCc1coc(-c2ccc(Br)cc2)n1. The zero-order chi connectivity index (χ0) is 15.4. The Kier molecular flexibility index (Phi) is 5.28. The van der Waals surface area contributed by atoms with Gasteiger partial charge in [0, 0.05) is 22.6 Å². The molecule has 22 heavy (non-hydrogen) atoms. The molecule has 1 saturated heterocycles. The Hall–Kier alpha value is -1.17. The first-order chi connectivity index (χ1) is 10.7. The van der Waals surface area contributed by atoms with Crippen molar-refractivity contribution in [1.29, 1.82) is 0 Å². The van der Waals surface area contributed by atoms with Crippen LogP contribution in [0.1, 0.15) is 25.0 Å². The van der Waals surface area contributed by atoms with Gasteiger partial charge in [-0.1, -0.05) is 15.9 Å². The van der Waals surface area contributed by atoms with Crippen molar-refractivity contribution in [2.75, 3.05) is 20.1 Å². The molecule has 1 aliphatic heterocycles. The van der Waals surface area contributed by atoms with Crippen molar-refractivity contribution in [3.05, 3.63) is 40.7 Å². The van der Waals surface area contributed by atoms with E-state index in [4.69, 9.17) is 4.42 Å². The summed E-state index contributed by atoms with van der Waals surface area (Å²) in [5.41, 5.74) is 1.96. The second kappa shape index (κ2) is 7.40. The van der Waals surface area contributed by atoms with Gasteiger partial charge in [-0.05, 0) is 63.7 Å². The normalized spacial score (nSPS) is 18.9. The van der Waals surface area contributed by atoms with Crippen LogP contribution < -0.4 is 5.32 Å². The van der Waals surface area contributed by atoms with Gasteiger partial charge >= 0.3 is 0 Å². The second-order valence-corrected chi connectivity index (χ2v) is 6.81. The first kappa shape index (κ1) is 15.7. The lowest BCUT2D eigenvalue weighted by Gasteiger charge is -2.19. The van der Waals surface area contributed by atoms with Crippen molar-refractivity contribution < 1.29 is 4.42 Å². The molecule has 1 aromatic heterocycles. The predicted molar refractivity (Wildman–Crippen MR) is 91.6 cm³/mol. The number of likely N-dealkylation sites (tertiary alicyclic amines) is 1. The molecule has 0 aliphatic carbocycles. The minimum absolute atomic E-state index is 0.680. The van der Waals surface area contributed by atoms with Gasteiger partial charge in [0.05, 0.1) is 5.69 Å². The van der Waals surface area contributed by atoms with Crippen LogP contribution in [0.15, 0.2) is 39.4 Å². The topological polar surface area (TPSA) is 41.3 Å². The summed E-state index contributed by atoms with van der Waals surface area (Å²) in [5.74, 6) is 0.680. The van der Waals surface area contributed by atoms with Gasteiger partial charge in [-0.15, -0.1) is 0 Å². The van der Waals surface area contributed by atoms with E-state index in [2.05, 4.69) is 38.2 Å². The number of nitrogens with zero attached hydrogens (tertiary/aromatic N) is 2. The molecule has 3 rings (SSSR count). The molecular weight excluding hydrogens is 342 g/mol. The molecule has 2 aromatic rings. The lowest BCUT2D eigenvalue weighted by atomic mass is 10.1. The van der Waals surface area contributed by atoms with Crippen LogP contribution in [-0.4, -0.2) is 36.1 Å². The second-order valence-electron chi connectivity index (χ2n) is 5.89. The van der Waals surface area contributed by atoms with Crippen LogP contribution in [0, 0.1) is 0 Å². The zero-order valence-electron chi connectivity index (χ0n) is 12.9. The molecule has 0 amide bonds. The largest absolute Gasteiger partial charge is 0.444 e. The molecule has 1 fully saturated rings. The average molecular weight is 364 g/mol. The van der Waals surface area contributed by atoms with Gasteiger partial charge in [0.25, 0.3) is 0 Å². The molecule has 1 unspecified atom stereocenters. The van der Waals surface area contributed by atoms with E-state index in [9.17, 15) is 0 Å². The first-order valence-corrected chi connectivity index (χ1v) is 8.63. The van der Waals surface area contributed by atoms with Crippen LogP contribution in [-0.2, 0) is 6.54 Å². The van der Waals surface area contributed by atoms with Crippen LogP contribution in [0.4, 0.5) is 0 Å². The van der Waals surface area contributed by atoms with Crippen molar-refractivity contribution in [2.24, 2.45) is 0 Å². The van der Waals surface area contributed by atoms with E-state index >= 15 is 0 Å². The van der Waals surface area contributed by atoms with E-state index in [1.54, 1.807) is 6.26 Å². The fourth-order valence-corrected chi connectivity index (χ4v) is 3.21. The highest BCUT2D eigenvalue weighted by atomic mass is 79.9. The third-order valence-corrected chi connectivity index (χ3v) is 4.80. The fraction of sp³-hybridized carbons (Fsp3) is 0.471. The van der Waals surface area contributed by atoms with E-state index in [1.807, 2.05) is 24.3 Å². The third-order valence-electron chi connectivity index (χ3n) is 4.27. The highest BCUT2D eigenvalue weighted by molar-refractivity contribution is 9.10. The summed E-state index contributed by atoms with van der Waals surface area (Å²) in [4.78, 5) is 7.00. The van der Waals surface area contributed by atoms with Crippen molar-refractivity contribution in [3.8, 4) is 11.5 Å². The molecule has 1 aliphatic rings. The number of rotatable bonds is 6. The molecule has 0 spiro atoms. The number of halogens is 1. The number of hydrogen-bond acceptors (Lipinski definition) is 4. The summed E-state index contributed by atoms with van der Waals surface area (Å²) in [7, 11) is 2.22. The smallest absolute Gasteiger partial charge is 0.226 e. The molecule has 4 nitrogen and oxygen atoms in total. The lowest BCUT2D eigenvalue weighted by molar-refractivity contribution is 0.293. The molecular formula is C17H22BrN3O. The molecule has 1 aromatic carbocycles. The van der Waals surface area contributed by atoms with Crippen molar-refractivity contribution in [1.82, 2.24) is 15.2 Å². The summed E-state index contributed by atoms with van der Waals surface area (Å²) in [6, 6.07) is 8.74. The quantitative estimate of drug-likeness (QED) is 0.794. The highest BCUT2D eigenvalue weighted by Crippen LogP contribution is 2.21. The maximum atomic E-state index is 5.56. The Bertz CT molecular complexity index is 596. The van der Waals surface area contributed by atoms with E-state index < -0.39 is 0 Å². The number of benzene rings is 1. The fourth-order valence-electron chi connectivity index (χ4n) is 2.94. The van der Waals surface area contributed by atoms with Crippen LogP contribution in [0.5, 0.6) is 0 Å². The molecule has 0 radical (unpaired) electrons. The number of aromatic nitrogens is 1. The Morgan fingerprint density at radius 1 is 1.36 bits per heavy atom. The molecule has 0 saturated carbocycles. The number of oxazole rings is 1. The zero-order valence-corrected chi connectivity index (χ0v) is 14.5. The molecule has 5 heteroatoms. The standard InChI is InChI=1S/C17H22BrN3O/c1-21-10-2-3-16(21)8-9-19-11-15-12-22-17(20-15)13-4-6-14(18)7-5-13/h4-7,12,16,19H,2-3,8-11H2,1H3. The lowest BCUT2D eigenvalue weighted by Crippen LogP contribution is -2.29. The number of hydrogen-bond donors (Lipinski definition) is 1. The van der Waals surface area contributed by atoms with Gasteiger partial charge in [-0.3, -0.25) is 0 Å². The van der Waals surface area contributed by atoms with Crippen molar-refractivity contribution in [2.45, 2.75) is 31.8 Å². The Balaban J connectivity index is 1.46. The monoisotopic (exact) mass is 363 g/mol. The van der Waals surface area contributed by atoms with Gasteiger partial charge in [0.2, 0.25) is 5.89 Å². The van der Waals surface area contributed by atoms with Gasteiger partial charge in [0.15, 0.2) is 0 Å². The van der Waals surface area contributed by atoms with Crippen LogP contribution in [0.3, 0.4) is 0 Å². The minimum atomic E-state index is 0.680. The summed E-state index contributed by atoms with van der Waals surface area (Å²) in [5, 5.41) is 3.47. The Labute approximate surface area is 140 Å². The summed E-state index contributed by atoms with van der Waals surface area (Å²) >= 11 is 3.43. The summed E-state index contributed by atoms with van der Waals surface area (Å²) < 4.78 is 6.62. The van der Waals surface area contributed by atoms with E-state index in [0.29, 0.717) is 5.89 Å². The predicted octanol–water partition coefficient (Wildman–Crippen LogP) is 3.68. The van der Waals surface area contributed by atoms with E-state index in [-0.39, 0.29) is 0 Å². The third kappa shape index (κ3) is 3.97. The van der Waals surface area contributed by atoms with Crippen LogP contribution >= 0.6 is 15.9 Å².